The van der Waals surface area contributed by atoms with E-state index in [0.29, 0.717) is 26.2 Å². The Morgan fingerprint density at radius 2 is 2.25 bits per heavy atom. The van der Waals surface area contributed by atoms with E-state index in [9.17, 15) is 4.79 Å². The number of amides is 1. The molecular weight excluding hydrogens is 258 g/mol. The molecule has 1 aromatic rings. The lowest BCUT2D eigenvalue weighted by atomic mass is 10.0. The fourth-order valence-corrected chi connectivity index (χ4v) is 2.44. The highest BCUT2D eigenvalue weighted by Crippen LogP contribution is 2.16. The van der Waals surface area contributed by atoms with Crippen molar-refractivity contribution in [1.82, 2.24) is 25.0 Å². The molecule has 1 aliphatic rings. The maximum atomic E-state index is 12.2. The summed E-state index contributed by atoms with van der Waals surface area (Å²) >= 11 is 0. The van der Waals surface area contributed by atoms with Crippen molar-refractivity contribution in [1.29, 1.82) is 0 Å². The summed E-state index contributed by atoms with van der Waals surface area (Å²) in [5, 5.41) is 7.18. The van der Waals surface area contributed by atoms with Crippen LogP contribution in [0.25, 0.3) is 0 Å². The molecular formula is C13H23N5O2. The number of carbonyl (C=O) groups is 1. The number of rotatable bonds is 4. The first-order chi connectivity index (χ1) is 9.40. The van der Waals surface area contributed by atoms with E-state index in [-0.39, 0.29) is 5.91 Å². The zero-order valence-corrected chi connectivity index (χ0v) is 12.6. The molecule has 1 aliphatic heterocycles. The van der Waals surface area contributed by atoms with E-state index >= 15 is 0 Å². The number of aryl methyl sites for hydroxylation is 2. The summed E-state index contributed by atoms with van der Waals surface area (Å²) < 4.78 is 7.44. The predicted octanol–water partition coefficient (Wildman–Crippen LogP) is -0.268. The molecule has 7 heteroatoms. The molecule has 0 bridgehead atoms. The van der Waals surface area contributed by atoms with Crippen LogP contribution in [0.15, 0.2) is 0 Å². The van der Waals surface area contributed by atoms with Gasteiger partial charge in [-0.1, -0.05) is 0 Å². The van der Waals surface area contributed by atoms with Crippen molar-refractivity contribution in [2.75, 3.05) is 33.3 Å². The van der Waals surface area contributed by atoms with E-state index in [2.05, 4.69) is 20.3 Å². The summed E-state index contributed by atoms with van der Waals surface area (Å²) in [6.07, 6.45) is 0. The largest absolute Gasteiger partial charge is 0.363 e. The minimum Gasteiger partial charge on any atom is -0.363 e. The number of hydrogen-bond acceptors (Lipinski definition) is 5. The van der Waals surface area contributed by atoms with E-state index in [0.717, 1.165) is 18.2 Å². The maximum Gasteiger partial charge on any atom is 0.253 e. The van der Waals surface area contributed by atoms with Gasteiger partial charge in [0.2, 0.25) is 0 Å². The summed E-state index contributed by atoms with van der Waals surface area (Å²) in [5.74, 6) is 1.54. The average Bonchev–Trinajstić information content (AvgIpc) is 2.67. The predicted molar refractivity (Wildman–Crippen MR) is 74.4 cm³/mol. The molecule has 1 atom stereocenters. The van der Waals surface area contributed by atoms with Crippen LogP contribution in [0, 0.1) is 13.8 Å². The van der Waals surface area contributed by atoms with Gasteiger partial charge in [0.05, 0.1) is 13.2 Å². The van der Waals surface area contributed by atoms with Gasteiger partial charge in [0, 0.05) is 19.6 Å². The van der Waals surface area contributed by atoms with Crippen molar-refractivity contribution in [2.24, 2.45) is 0 Å². The van der Waals surface area contributed by atoms with E-state index in [4.69, 9.17) is 4.74 Å². The van der Waals surface area contributed by atoms with Crippen LogP contribution in [0.4, 0.5) is 0 Å². The topological polar surface area (TPSA) is 72.3 Å². The van der Waals surface area contributed by atoms with Crippen molar-refractivity contribution in [2.45, 2.75) is 32.9 Å². The normalized spacial score (nSPS) is 23.8. The van der Waals surface area contributed by atoms with Gasteiger partial charge in [-0.05, 0) is 27.8 Å². The Bertz CT molecular complexity index is 487. The summed E-state index contributed by atoms with van der Waals surface area (Å²) in [6, 6.07) is 0. The Kier molecular flexibility index (Phi) is 4.39. The van der Waals surface area contributed by atoms with Crippen LogP contribution in [0.3, 0.4) is 0 Å². The number of hydrogen-bond donors (Lipinski definition) is 1. The SMILES string of the molecule is Cc1nc(C)n(CCNC(=O)C2(C)CN(C)CCO2)n1. The highest BCUT2D eigenvalue weighted by Gasteiger charge is 2.37. The second-order valence-corrected chi connectivity index (χ2v) is 5.50. The van der Waals surface area contributed by atoms with Crippen LogP contribution in [0.5, 0.6) is 0 Å². The van der Waals surface area contributed by atoms with Crippen molar-refractivity contribution in [3.05, 3.63) is 11.6 Å². The second-order valence-electron chi connectivity index (χ2n) is 5.50. The van der Waals surface area contributed by atoms with Gasteiger partial charge in [-0.2, -0.15) is 5.10 Å². The molecule has 0 aliphatic carbocycles. The molecule has 1 saturated heterocycles. The van der Waals surface area contributed by atoms with Crippen LogP contribution in [0.2, 0.25) is 0 Å². The number of morpholine rings is 1. The lowest BCUT2D eigenvalue weighted by Gasteiger charge is -2.37. The molecule has 1 unspecified atom stereocenters. The van der Waals surface area contributed by atoms with Gasteiger partial charge in [-0.25, -0.2) is 9.67 Å². The van der Waals surface area contributed by atoms with Crippen LogP contribution in [0.1, 0.15) is 18.6 Å². The molecule has 0 saturated carbocycles. The summed E-state index contributed by atoms with van der Waals surface area (Å²) in [7, 11) is 2.00. The summed E-state index contributed by atoms with van der Waals surface area (Å²) in [5.41, 5.74) is -0.764. The van der Waals surface area contributed by atoms with Crippen LogP contribution >= 0.6 is 0 Å². The molecule has 0 aromatic carbocycles. The molecule has 20 heavy (non-hydrogen) atoms. The van der Waals surface area contributed by atoms with Gasteiger partial charge < -0.3 is 15.0 Å². The fourth-order valence-electron chi connectivity index (χ4n) is 2.44. The molecule has 112 valence electrons. The highest BCUT2D eigenvalue weighted by atomic mass is 16.5. The molecule has 0 spiro atoms. The van der Waals surface area contributed by atoms with E-state index < -0.39 is 5.60 Å². The molecule has 0 radical (unpaired) electrons. The van der Waals surface area contributed by atoms with Gasteiger partial charge >= 0.3 is 0 Å². The minimum absolute atomic E-state index is 0.0708. The Labute approximate surface area is 119 Å². The Balaban J connectivity index is 1.84. The molecule has 1 amide bonds. The molecule has 2 rings (SSSR count). The first-order valence-corrected chi connectivity index (χ1v) is 6.89. The lowest BCUT2D eigenvalue weighted by molar-refractivity contribution is -0.155. The smallest absolute Gasteiger partial charge is 0.253 e. The number of nitrogens with one attached hydrogen (secondary N) is 1. The number of aromatic nitrogens is 3. The van der Waals surface area contributed by atoms with E-state index in [1.807, 2.05) is 27.8 Å². The van der Waals surface area contributed by atoms with Crippen molar-refractivity contribution >= 4 is 5.91 Å². The molecule has 1 N–H and O–H groups in total. The lowest BCUT2D eigenvalue weighted by Crippen LogP contribution is -2.57. The molecule has 1 fully saturated rings. The molecule has 7 nitrogen and oxygen atoms in total. The first-order valence-electron chi connectivity index (χ1n) is 6.89. The van der Waals surface area contributed by atoms with Gasteiger partial charge in [0.15, 0.2) is 5.60 Å². The highest BCUT2D eigenvalue weighted by molar-refractivity contribution is 5.85. The van der Waals surface area contributed by atoms with Crippen LogP contribution in [-0.2, 0) is 16.1 Å². The quantitative estimate of drug-likeness (QED) is 0.822. The number of likely N-dealkylation sites (N-methyl/N-ethyl adjacent to an activating group) is 1. The van der Waals surface area contributed by atoms with Crippen LogP contribution in [-0.4, -0.2) is 64.5 Å². The van der Waals surface area contributed by atoms with Gasteiger partial charge in [0.25, 0.3) is 5.91 Å². The van der Waals surface area contributed by atoms with Crippen molar-refractivity contribution in [3.63, 3.8) is 0 Å². The van der Waals surface area contributed by atoms with E-state index in [1.54, 1.807) is 4.68 Å². The molecule has 2 heterocycles. The average molecular weight is 281 g/mol. The third kappa shape index (κ3) is 3.34. The maximum absolute atomic E-state index is 12.2. The van der Waals surface area contributed by atoms with Crippen molar-refractivity contribution < 1.29 is 9.53 Å². The zero-order chi connectivity index (χ0) is 14.8. The monoisotopic (exact) mass is 281 g/mol. The molecule has 1 aromatic heterocycles. The van der Waals surface area contributed by atoms with Gasteiger partial charge in [-0.3, -0.25) is 4.79 Å². The zero-order valence-electron chi connectivity index (χ0n) is 12.6. The van der Waals surface area contributed by atoms with Crippen LogP contribution < -0.4 is 5.32 Å². The number of ether oxygens (including phenoxy) is 1. The standard InChI is InChI=1S/C13H23N5O2/c1-10-15-11(2)18(16-10)6-5-14-12(19)13(3)9-17(4)7-8-20-13/h5-9H2,1-4H3,(H,14,19). The first kappa shape index (κ1) is 14.9. The van der Waals surface area contributed by atoms with Gasteiger partial charge in [0.1, 0.15) is 11.6 Å². The van der Waals surface area contributed by atoms with E-state index in [1.165, 1.54) is 0 Å². The Morgan fingerprint density at radius 1 is 1.50 bits per heavy atom. The third-order valence-corrected chi connectivity index (χ3v) is 3.52. The number of carbonyl (C=O) groups excluding carboxylic acids is 1. The second kappa shape index (κ2) is 5.88. The third-order valence-electron chi connectivity index (χ3n) is 3.52. The Hall–Kier alpha value is -1.47. The summed E-state index contributed by atoms with van der Waals surface area (Å²) in [6.45, 7) is 8.79. The Morgan fingerprint density at radius 3 is 2.85 bits per heavy atom. The fraction of sp³-hybridized carbons (Fsp3) is 0.769. The minimum atomic E-state index is -0.764. The summed E-state index contributed by atoms with van der Waals surface area (Å²) in [4.78, 5) is 18.6. The number of nitrogens with zero attached hydrogens (tertiary/aromatic N) is 4. The van der Waals surface area contributed by atoms with Crippen molar-refractivity contribution in [3.8, 4) is 0 Å². The van der Waals surface area contributed by atoms with Gasteiger partial charge in [-0.15, -0.1) is 0 Å².